The van der Waals surface area contributed by atoms with Gasteiger partial charge in [0.2, 0.25) is 0 Å². The quantitative estimate of drug-likeness (QED) is 0.769. The number of hydrogen-bond donors (Lipinski definition) is 1. The van der Waals surface area contributed by atoms with E-state index in [0.717, 1.165) is 17.7 Å². The Balaban J connectivity index is 2.03. The van der Waals surface area contributed by atoms with Gasteiger partial charge in [0.15, 0.2) is 0 Å². The van der Waals surface area contributed by atoms with Gasteiger partial charge in [-0.25, -0.2) is 0 Å². The third-order valence-corrected chi connectivity index (χ3v) is 2.49. The molecule has 0 heterocycles. The van der Waals surface area contributed by atoms with Gasteiger partial charge in [0.05, 0.1) is 0 Å². The number of allylic oxidation sites excluding steroid dienone is 1. The van der Waals surface area contributed by atoms with E-state index in [1.54, 1.807) is 0 Å². The van der Waals surface area contributed by atoms with Crippen LogP contribution in [0.15, 0.2) is 60.7 Å². The van der Waals surface area contributed by atoms with Crippen LogP contribution in [0.5, 0.6) is 0 Å². The number of nitrogens with two attached hydrogens (primary N) is 1. The second-order valence-corrected chi connectivity index (χ2v) is 3.72. The summed E-state index contributed by atoms with van der Waals surface area (Å²) in [7, 11) is 0. The van der Waals surface area contributed by atoms with Crippen molar-refractivity contribution in [3.05, 3.63) is 71.8 Å². The number of benzene rings is 2. The summed E-state index contributed by atoms with van der Waals surface area (Å²) in [6, 6.07) is 18.3. The average Bonchev–Trinajstić information content (AvgIpc) is 2.33. The average molecular weight is 209 g/mol. The van der Waals surface area contributed by atoms with Gasteiger partial charge in [-0.05, 0) is 23.6 Å². The molecule has 0 atom stereocenters. The molecule has 0 aliphatic carbocycles. The first-order valence-corrected chi connectivity index (χ1v) is 5.41. The van der Waals surface area contributed by atoms with E-state index in [1.807, 2.05) is 30.3 Å². The highest BCUT2D eigenvalue weighted by Crippen LogP contribution is 2.12. The van der Waals surface area contributed by atoms with Gasteiger partial charge in [-0.3, -0.25) is 0 Å². The summed E-state index contributed by atoms with van der Waals surface area (Å²) < 4.78 is 0. The summed E-state index contributed by atoms with van der Waals surface area (Å²) in [5.41, 5.74) is 9.07. The summed E-state index contributed by atoms with van der Waals surface area (Å²) in [4.78, 5) is 0. The van der Waals surface area contributed by atoms with Crippen LogP contribution in [0.3, 0.4) is 0 Å². The van der Waals surface area contributed by atoms with E-state index in [2.05, 4.69) is 36.4 Å². The monoisotopic (exact) mass is 209 g/mol. The molecule has 80 valence electrons. The molecular weight excluding hydrogens is 194 g/mol. The minimum Gasteiger partial charge on any atom is -0.398 e. The molecule has 0 fully saturated rings. The number of para-hydroxylation sites is 1. The zero-order valence-corrected chi connectivity index (χ0v) is 9.14. The molecule has 0 radical (unpaired) electrons. The lowest BCUT2D eigenvalue weighted by molar-refractivity contribution is 1.28. The van der Waals surface area contributed by atoms with Gasteiger partial charge in [-0.2, -0.15) is 0 Å². The Labute approximate surface area is 96.2 Å². The molecule has 0 aliphatic rings. The van der Waals surface area contributed by atoms with Crippen molar-refractivity contribution in [1.82, 2.24) is 0 Å². The van der Waals surface area contributed by atoms with Crippen LogP contribution >= 0.6 is 0 Å². The normalized spacial score (nSPS) is 10.8. The maximum Gasteiger partial charge on any atom is 0.0387 e. The van der Waals surface area contributed by atoms with Crippen LogP contribution in [0.2, 0.25) is 0 Å². The molecule has 0 saturated heterocycles. The Morgan fingerprint density at radius 1 is 0.875 bits per heavy atom. The number of nitrogen functional groups attached to an aromatic ring is 1. The molecule has 2 aromatic carbocycles. The number of hydrogen-bond acceptors (Lipinski definition) is 1. The molecule has 1 nitrogen and oxygen atoms in total. The van der Waals surface area contributed by atoms with Crippen LogP contribution in [0, 0.1) is 0 Å². The molecule has 0 aliphatic heterocycles. The van der Waals surface area contributed by atoms with E-state index < -0.39 is 0 Å². The third kappa shape index (κ3) is 2.74. The molecule has 0 saturated carbocycles. The van der Waals surface area contributed by atoms with E-state index in [4.69, 9.17) is 5.73 Å². The minimum absolute atomic E-state index is 0.826. The van der Waals surface area contributed by atoms with Gasteiger partial charge in [0.25, 0.3) is 0 Å². The first-order valence-electron chi connectivity index (χ1n) is 5.41. The molecule has 16 heavy (non-hydrogen) atoms. The fraction of sp³-hybridized carbons (Fsp3) is 0.0667. The van der Waals surface area contributed by atoms with Crippen molar-refractivity contribution in [2.45, 2.75) is 6.42 Å². The van der Waals surface area contributed by atoms with E-state index in [-0.39, 0.29) is 0 Å². The van der Waals surface area contributed by atoms with Crippen molar-refractivity contribution < 1.29 is 0 Å². The highest BCUT2D eigenvalue weighted by molar-refractivity contribution is 5.64. The molecule has 2 aromatic rings. The van der Waals surface area contributed by atoms with E-state index in [9.17, 15) is 0 Å². The van der Waals surface area contributed by atoms with Crippen molar-refractivity contribution in [1.29, 1.82) is 0 Å². The predicted molar refractivity (Wildman–Crippen MR) is 70.0 cm³/mol. The van der Waals surface area contributed by atoms with Crippen molar-refractivity contribution >= 4 is 11.8 Å². The molecule has 2 rings (SSSR count). The topological polar surface area (TPSA) is 26.0 Å². The molecule has 0 aromatic heterocycles. The molecule has 0 spiro atoms. The standard InChI is InChI=1S/C15H15N/c16-15-12-5-4-10-14(15)11-6-9-13-7-2-1-3-8-13/h1-8,10-12H,9,16H2. The molecular formula is C15H15N. The molecule has 0 amide bonds. The molecule has 0 unspecified atom stereocenters. The van der Waals surface area contributed by atoms with Crippen LogP contribution in [0.4, 0.5) is 5.69 Å². The second-order valence-electron chi connectivity index (χ2n) is 3.72. The summed E-state index contributed by atoms with van der Waals surface area (Å²) in [5.74, 6) is 0. The molecule has 1 heteroatoms. The number of rotatable bonds is 3. The van der Waals surface area contributed by atoms with E-state index >= 15 is 0 Å². The van der Waals surface area contributed by atoms with Gasteiger partial charge in [-0.15, -0.1) is 0 Å². The van der Waals surface area contributed by atoms with Crippen molar-refractivity contribution in [3.8, 4) is 0 Å². The Hall–Kier alpha value is -2.02. The smallest absolute Gasteiger partial charge is 0.0387 e. The van der Waals surface area contributed by atoms with Gasteiger partial charge in [-0.1, -0.05) is 60.7 Å². The maximum absolute atomic E-state index is 5.85. The predicted octanol–water partition coefficient (Wildman–Crippen LogP) is 3.52. The Morgan fingerprint density at radius 3 is 2.31 bits per heavy atom. The minimum atomic E-state index is 0.826. The van der Waals surface area contributed by atoms with Crippen LogP contribution in [0.1, 0.15) is 11.1 Å². The SMILES string of the molecule is Nc1ccccc1C=CCc1ccccc1. The Morgan fingerprint density at radius 2 is 1.56 bits per heavy atom. The van der Waals surface area contributed by atoms with Crippen LogP contribution in [-0.4, -0.2) is 0 Å². The summed E-state index contributed by atoms with van der Waals surface area (Å²) in [6.07, 6.45) is 5.15. The lowest BCUT2D eigenvalue weighted by atomic mass is 10.1. The lowest BCUT2D eigenvalue weighted by Crippen LogP contribution is -1.87. The summed E-state index contributed by atoms with van der Waals surface area (Å²) >= 11 is 0. The fourth-order valence-electron chi connectivity index (χ4n) is 1.60. The zero-order chi connectivity index (χ0) is 11.2. The summed E-state index contributed by atoms with van der Waals surface area (Å²) in [6.45, 7) is 0. The largest absolute Gasteiger partial charge is 0.398 e. The van der Waals surface area contributed by atoms with Gasteiger partial charge >= 0.3 is 0 Å². The van der Waals surface area contributed by atoms with Crippen molar-refractivity contribution in [2.24, 2.45) is 0 Å². The Bertz CT molecular complexity index is 472. The van der Waals surface area contributed by atoms with Crippen LogP contribution < -0.4 is 5.73 Å². The van der Waals surface area contributed by atoms with Gasteiger partial charge in [0.1, 0.15) is 0 Å². The molecule has 0 bridgehead atoms. The summed E-state index contributed by atoms with van der Waals surface area (Å²) in [5, 5.41) is 0. The van der Waals surface area contributed by atoms with Crippen LogP contribution in [0.25, 0.3) is 6.08 Å². The zero-order valence-electron chi connectivity index (χ0n) is 9.14. The second kappa shape index (κ2) is 5.17. The van der Waals surface area contributed by atoms with Gasteiger partial charge in [0, 0.05) is 5.69 Å². The first kappa shape index (κ1) is 10.5. The lowest BCUT2D eigenvalue weighted by Gasteiger charge is -1.98. The van der Waals surface area contributed by atoms with Crippen molar-refractivity contribution in [2.75, 3.05) is 5.73 Å². The maximum atomic E-state index is 5.85. The van der Waals surface area contributed by atoms with E-state index in [1.165, 1.54) is 5.56 Å². The highest BCUT2D eigenvalue weighted by atomic mass is 14.5. The van der Waals surface area contributed by atoms with Crippen LogP contribution in [-0.2, 0) is 6.42 Å². The van der Waals surface area contributed by atoms with E-state index in [0.29, 0.717) is 0 Å². The van der Waals surface area contributed by atoms with Gasteiger partial charge < -0.3 is 5.73 Å². The molecule has 2 N–H and O–H groups in total. The van der Waals surface area contributed by atoms with Crippen molar-refractivity contribution in [3.63, 3.8) is 0 Å². The highest BCUT2D eigenvalue weighted by Gasteiger charge is 1.91. The first-order chi connectivity index (χ1) is 7.86. The fourth-order valence-corrected chi connectivity index (χ4v) is 1.60. The Kier molecular flexibility index (Phi) is 3.39. The number of anilines is 1. The third-order valence-electron chi connectivity index (χ3n) is 2.49.